The summed E-state index contributed by atoms with van der Waals surface area (Å²) >= 11 is 0. The van der Waals surface area contributed by atoms with Crippen LogP contribution in [0.15, 0.2) is 60.4 Å². The van der Waals surface area contributed by atoms with E-state index in [-0.39, 0.29) is 23.7 Å². The highest BCUT2D eigenvalue weighted by molar-refractivity contribution is 5.97. The number of hydrogen-bond donors (Lipinski definition) is 0. The lowest BCUT2D eigenvalue weighted by atomic mass is 9.91. The molecule has 4 aromatic rings. The van der Waals surface area contributed by atoms with E-state index < -0.39 is 0 Å². The van der Waals surface area contributed by atoms with Crippen molar-refractivity contribution in [2.24, 2.45) is 0 Å². The van der Waals surface area contributed by atoms with Crippen LogP contribution in [0.5, 0.6) is 0 Å². The first-order chi connectivity index (χ1) is 20.0. The number of hydrogen-bond acceptors (Lipinski definition) is 5. The smallest absolute Gasteiger partial charge is 0.183 e. The molecule has 5 heteroatoms. The highest BCUT2D eigenvalue weighted by Gasteiger charge is 2.41. The molecule has 42 heavy (non-hydrogen) atoms. The van der Waals surface area contributed by atoms with E-state index in [0.717, 1.165) is 46.2 Å². The Bertz CT molecular complexity index is 1530. The van der Waals surface area contributed by atoms with Gasteiger partial charge in [0.25, 0.3) is 0 Å². The molecular weight excluding hydrogens is 516 g/mol. The lowest BCUT2D eigenvalue weighted by molar-refractivity contribution is -0.104. The maximum Gasteiger partial charge on any atom is 0.183 e. The topological polar surface area (TPSA) is 49.3 Å². The van der Waals surface area contributed by atoms with E-state index in [1.165, 1.54) is 33.4 Å². The van der Waals surface area contributed by atoms with Gasteiger partial charge in [0.15, 0.2) is 11.6 Å². The number of aromatic nitrogens is 2. The Labute approximate surface area is 251 Å². The number of benzene rings is 3. The quantitative estimate of drug-likeness (QED) is 0.166. The molecule has 0 bridgehead atoms. The zero-order valence-corrected chi connectivity index (χ0v) is 26.8. The number of para-hydroxylation sites is 2. The molecule has 2 heterocycles. The summed E-state index contributed by atoms with van der Waals surface area (Å²) in [5, 5.41) is 0. The monoisotopic (exact) mass is 560 g/mol. The van der Waals surface area contributed by atoms with Crippen molar-refractivity contribution in [1.82, 2.24) is 9.97 Å². The Kier molecular flexibility index (Phi) is 7.98. The molecule has 0 saturated carbocycles. The zero-order chi connectivity index (χ0) is 30.5. The molecule has 5 nitrogen and oxygen atoms in total. The number of anilines is 4. The maximum atomic E-state index is 12.5. The second-order valence-electron chi connectivity index (χ2n) is 12.8. The molecule has 5 rings (SSSR count). The van der Waals surface area contributed by atoms with E-state index in [1.807, 2.05) is 0 Å². The van der Waals surface area contributed by atoms with Gasteiger partial charge in [0.1, 0.15) is 12.1 Å². The first-order valence-electron chi connectivity index (χ1n) is 15.3. The number of allylic oxidation sites excluding steroid dienone is 1. The third-order valence-corrected chi connectivity index (χ3v) is 8.47. The highest BCUT2D eigenvalue weighted by Crippen LogP contribution is 2.54. The van der Waals surface area contributed by atoms with Gasteiger partial charge in [0.05, 0.1) is 22.4 Å². The van der Waals surface area contributed by atoms with Crippen molar-refractivity contribution in [3.63, 3.8) is 0 Å². The largest absolute Gasteiger partial charge is 0.298 e. The number of aryl methyl sites for hydroxylation is 2. The molecule has 0 spiro atoms. The van der Waals surface area contributed by atoms with Gasteiger partial charge in [-0.1, -0.05) is 91.8 Å². The van der Waals surface area contributed by atoms with Crippen LogP contribution in [0.4, 0.5) is 23.0 Å². The van der Waals surface area contributed by atoms with Crippen LogP contribution >= 0.6 is 0 Å². The Hall–Kier alpha value is -3.99. The Morgan fingerprint density at radius 3 is 1.21 bits per heavy atom. The van der Waals surface area contributed by atoms with Crippen LogP contribution < -0.4 is 9.80 Å². The molecule has 0 aliphatic carbocycles. The van der Waals surface area contributed by atoms with Gasteiger partial charge in [-0.25, -0.2) is 9.97 Å². The Morgan fingerprint density at radius 2 is 0.929 bits per heavy atom. The molecule has 0 N–H and O–H groups in total. The van der Waals surface area contributed by atoms with Crippen LogP contribution in [0.1, 0.15) is 112 Å². The number of carbonyl (C=O) groups excluding carboxylic acids is 1. The molecule has 0 saturated heterocycles. The number of aldehydes is 1. The highest BCUT2D eigenvalue weighted by atomic mass is 16.1. The summed E-state index contributed by atoms with van der Waals surface area (Å²) in [5.41, 5.74) is 11.1. The first-order valence-corrected chi connectivity index (χ1v) is 15.3. The summed E-state index contributed by atoms with van der Waals surface area (Å²) in [7, 11) is 0. The predicted molar refractivity (Wildman–Crippen MR) is 177 cm³/mol. The molecule has 1 aliphatic rings. The third kappa shape index (κ3) is 4.89. The lowest BCUT2D eigenvalue weighted by Crippen LogP contribution is -2.26. The van der Waals surface area contributed by atoms with Crippen LogP contribution in [0.2, 0.25) is 0 Å². The average molecular weight is 561 g/mol. The van der Waals surface area contributed by atoms with Crippen LogP contribution in [0.3, 0.4) is 0 Å². The summed E-state index contributed by atoms with van der Waals surface area (Å²) in [6, 6.07) is 17.4. The predicted octanol–water partition coefficient (Wildman–Crippen LogP) is 10.1. The normalized spacial score (nSPS) is 13.3. The van der Waals surface area contributed by atoms with Gasteiger partial charge in [-0.2, -0.15) is 0 Å². The summed E-state index contributed by atoms with van der Waals surface area (Å²) in [6.45, 7) is 22.0. The van der Waals surface area contributed by atoms with Crippen molar-refractivity contribution >= 4 is 40.3 Å². The molecule has 0 amide bonds. The minimum Gasteiger partial charge on any atom is -0.298 e. The first kappa shape index (κ1) is 29.5. The molecule has 0 radical (unpaired) electrons. The molecule has 3 aromatic carbocycles. The number of carbonyl (C=O) groups is 1. The van der Waals surface area contributed by atoms with Crippen molar-refractivity contribution in [2.75, 3.05) is 9.80 Å². The van der Waals surface area contributed by atoms with Crippen LogP contribution in [-0.4, -0.2) is 16.3 Å². The van der Waals surface area contributed by atoms with Gasteiger partial charge in [-0.05, 0) is 83.0 Å². The fourth-order valence-corrected chi connectivity index (χ4v) is 6.10. The van der Waals surface area contributed by atoms with Crippen molar-refractivity contribution in [3.8, 4) is 0 Å². The van der Waals surface area contributed by atoms with Crippen LogP contribution in [-0.2, 0) is 4.79 Å². The minimum absolute atomic E-state index is 0.265. The van der Waals surface area contributed by atoms with Crippen molar-refractivity contribution in [2.45, 2.75) is 92.9 Å². The van der Waals surface area contributed by atoms with Gasteiger partial charge in [0.2, 0.25) is 0 Å². The minimum atomic E-state index is 0.265. The summed E-state index contributed by atoms with van der Waals surface area (Å²) in [4.78, 5) is 27.6. The van der Waals surface area contributed by atoms with Crippen molar-refractivity contribution in [1.29, 1.82) is 0 Å². The second kappa shape index (κ2) is 11.4. The number of fused-ring (bicyclic) bond motifs is 2. The Morgan fingerprint density at radius 1 is 0.595 bits per heavy atom. The summed E-state index contributed by atoms with van der Waals surface area (Å²) < 4.78 is 0. The van der Waals surface area contributed by atoms with Gasteiger partial charge in [-0.3, -0.25) is 14.6 Å². The van der Waals surface area contributed by atoms with Crippen molar-refractivity contribution < 1.29 is 4.79 Å². The summed E-state index contributed by atoms with van der Waals surface area (Å²) in [6.07, 6.45) is 2.59. The molecule has 0 fully saturated rings. The lowest BCUT2D eigenvalue weighted by Gasteiger charge is -2.32. The molecule has 0 unspecified atom stereocenters. The van der Waals surface area contributed by atoms with Gasteiger partial charge >= 0.3 is 0 Å². The zero-order valence-electron chi connectivity index (χ0n) is 26.8. The van der Waals surface area contributed by atoms with Gasteiger partial charge in [-0.15, -0.1) is 0 Å². The molecule has 218 valence electrons. The molecular formula is C37H44N4O. The fraction of sp³-hybridized carbons (Fsp3) is 0.378. The summed E-state index contributed by atoms with van der Waals surface area (Å²) in [5.74, 6) is 3.32. The SMILES string of the molecule is Cc1cc2nc3c(nc2cc1C)N(c1c(C(C)C)cccc1C(C)C)C(=CC=O)N3c1c(C(C)C)cccc1C(C)C. The van der Waals surface area contributed by atoms with E-state index in [4.69, 9.17) is 9.97 Å². The van der Waals surface area contributed by atoms with Crippen molar-refractivity contribution in [3.05, 3.63) is 93.8 Å². The van der Waals surface area contributed by atoms with Gasteiger partial charge in [0, 0.05) is 6.08 Å². The standard InChI is InChI=1S/C37H44N4O/c1-21(2)27-13-11-14-28(22(3)4)34(27)40-33(17-18-42)41(35-29(23(5)6)15-12-16-30(35)24(7)8)37-36(40)38-31-19-25(9)26(10)20-32(31)39-37/h11-24H,1-10H3. The molecule has 1 aromatic heterocycles. The molecule has 0 atom stereocenters. The van der Waals surface area contributed by atoms with Gasteiger partial charge < -0.3 is 0 Å². The maximum absolute atomic E-state index is 12.5. The van der Waals surface area contributed by atoms with E-state index in [1.54, 1.807) is 6.08 Å². The van der Waals surface area contributed by atoms with E-state index in [0.29, 0.717) is 0 Å². The number of rotatable bonds is 7. The van der Waals surface area contributed by atoms with E-state index >= 15 is 0 Å². The number of nitrogens with zero attached hydrogens (tertiary/aromatic N) is 4. The van der Waals surface area contributed by atoms with E-state index in [2.05, 4.69) is 128 Å². The Balaban J connectivity index is 1.97. The molecule has 1 aliphatic heterocycles. The second-order valence-corrected chi connectivity index (χ2v) is 12.8. The van der Waals surface area contributed by atoms with E-state index in [9.17, 15) is 4.79 Å². The fourth-order valence-electron chi connectivity index (χ4n) is 6.10. The third-order valence-electron chi connectivity index (χ3n) is 8.47. The van der Waals surface area contributed by atoms with Crippen LogP contribution in [0.25, 0.3) is 11.0 Å². The van der Waals surface area contributed by atoms with Crippen LogP contribution in [0, 0.1) is 13.8 Å². The average Bonchev–Trinajstić information content (AvgIpc) is 3.23.